The van der Waals surface area contributed by atoms with Crippen molar-refractivity contribution in [3.8, 4) is 5.75 Å². The van der Waals surface area contributed by atoms with Gasteiger partial charge >= 0.3 is 0 Å². The Morgan fingerprint density at radius 3 is 2.96 bits per heavy atom. The number of fused-ring (bicyclic) bond motifs is 1. The van der Waals surface area contributed by atoms with E-state index in [0.29, 0.717) is 47.2 Å². The van der Waals surface area contributed by atoms with E-state index in [9.17, 15) is 9.18 Å². The van der Waals surface area contributed by atoms with Crippen molar-refractivity contribution >= 4 is 41.1 Å². The molecular formula is C33H34ClFN8O3. The lowest BCUT2D eigenvalue weighted by Crippen LogP contribution is -2.36. The number of amides is 1. The largest absolute Gasteiger partial charge is 0.487 e. The molecule has 3 aliphatic rings. The lowest BCUT2D eigenvalue weighted by molar-refractivity contribution is -0.116. The first kappa shape index (κ1) is 31.3. The molecule has 238 valence electrons. The molecular weight excluding hydrogens is 611 g/mol. The van der Waals surface area contributed by atoms with Gasteiger partial charge in [-0.25, -0.2) is 19.1 Å². The molecule has 2 N–H and O–H groups in total. The number of nitrogens with one attached hydrogen (secondary N) is 2. The van der Waals surface area contributed by atoms with Crippen molar-refractivity contribution in [2.75, 3.05) is 39.4 Å². The second-order valence-electron chi connectivity index (χ2n) is 11.0. The van der Waals surface area contributed by atoms with Crippen LogP contribution in [0.3, 0.4) is 0 Å². The average Bonchev–Trinajstić information content (AvgIpc) is 3.54. The summed E-state index contributed by atoms with van der Waals surface area (Å²) in [6.07, 6.45) is 12.1. The van der Waals surface area contributed by atoms with Crippen LogP contribution in [-0.4, -0.2) is 77.4 Å². The van der Waals surface area contributed by atoms with Crippen molar-refractivity contribution in [1.82, 2.24) is 30.5 Å². The van der Waals surface area contributed by atoms with Crippen LogP contribution in [0.2, 0.25) is 5.02 Å². The van der Waals surface area contributed by atoms with Crippen molar-refractivity contribution in [1.29, 1.82) is 0 Å². The van der Waals surface area contributed by atoms with Crippen LogP contribution in [0.25, 0.3) is 5.70 Å². The van der Waals surface area contributed by atoms with Gasteiger partial charge in [-0.1, -0.05) is 35.0 Å². The minimum atomic E-state index is -0.316. The van der Waals surface area contributed by atoms with Gasteiger partial charge in [-0.2, -0.15) is 0 Å². The molecule has 13 heteroatoms. The molecule has 1 aromatic heterocycles. The highest BCUT2D eigenvalue weighted by atomic mass is 35.5. The van der Waals surface area contributed by atoms with Crippen LogP contribution in [0.15, 0.2) is 88.6 Å². The first-order valence-corrected chi connectivity index (χ1v) is 15.5. The van der Waals surface area contributed by atoms with Crippen LogP contribution in [0.5, 0.6) is 5.75 Å². The standard InChI is InChI=1S/C33H34ClFN8O3/c34-29-18-25(6-9-31(29)46-21-23-3-1-4-24(35)17-23)39-33-28-19-27(7-8-30(28)37-22-38-33)43-20-26(40-41-43)10-11-36-32(44)5-2-12-42-13-15-45-16-14-42/h1-9,17-18,20,22,28H,10-16,19,21H2,(H,36,44)(H,37,38,39)/b5-2-. The number of carbonyl (C=O) groups is 1. The number of benzene rings is 2. The number of halogens is 2. The van der Waals surface area contributed by atoms with E-state index in [1.165, 1.54) is 12.1 Å². The van der Waals surface area contributed by atoms with Crippen LogP contribution in [0.1, 0.15) is 17.7 Å². The summed E-state index contributed by atoms with van der Waals surface area (Å²) in [5, 5.41) is 15.1. The molecule has 1 atom stereocenters. The molecule has 6 rings (SSSR count). The maximum Gasteiger partial charge on any atom is 0.243 e. The van der Waals surface area contributed by atoms with Gasteiger partial charge in [0.05, 0.1) is 48.1 Å². The molecule has 3 heterocycles. The maximum absolute atomic E-state index is 13.5. The first-order valence-electron chi connectivity index (χ1n) is 15.1. The Morgan fingerprint density at radius 1 is 1.22 bits per heavy atom. The monoisotopic (exact) mass is 644 g/mol. The first-order chi connectivity index (χ1) is 22.5. The van der Waals surface area contributed by atoms with E-state index in [0.717, 1.165) is 49.9 Å². The number of hydrogen-bond donors (Lipinski definition) is 2. The molecule has 0 radical (unpaired) electrons. The Kier molecular flexibility index (Phi) is 10.3. The van der Waals surface area contributed by atoms with Gasteiger partial charge in [0.1, 0.15) is 24.0 Å². The number of carbonyl (C=O) groups excluding carboxylic acids is 1. The molecule has 3 aromatic rings. The number of hydrogen-bond acceptors (Lipinski definition) is 8. The Balaban J connectivity index is 1.03. The minimum absolute atomic E-state index is 0.121. The number of ether oxygens (including phenoxy) is 2. The van der Waals surface area contributed by atoms with Crippen molar-refractivity contribution in [2.24, 2.45) is 15.9 Å². The van der Waals surface area contributed by atoms with E-state index in [-0.39, 0.29) is 24.2 Å². The molecule has 2 aliphatic heterocycles. The summed E-state index contributed by atoms with van der Waals surface area (Å²) >= 11 is 6.50. The Morgan fingerprint density at radius 2 is 2.11 bits per heavy atom. The molecule has 1 unspecified atom stereocenters. The second-order valence-corrected chi connectivity index (χ2v) is 11.4. The van der Waals surface area contributed by atoms with Crippen LogP contribution < -0.4 is 15.4 Å². The second kappa shape index (κ2) is 15.1. The van der Waals surface area contributed by atoms with E-state index in [1.54, 1.807) is 41.4 Å². The normalized spacial score (nSPS) is 19.0. The van der Waals surface area contributed by atoms with Gasteiger partial charge in [0.25, 0.3) is 0 Å². The molecule has 1 aliphatic carbocycles. The molecule has 0 saturated carbocycles. The Bertz CT molecular complexity index is 1710. The van der Waals surface area contributed by atoms with Gasteiger partial charge in [-0.15, -0.1) is 5.10 Å². The van der Waals surface area contributed by atoms with E-state index in [1.807, 2.05) is 30.5 Å². The third-order valence-electron chi connectivity index (χ3n) is 7.68. The van der Waals surface area contributed by atoms with Gasteiger partial charge in [0, 0.05) is 56.5 Å². The maximum atomic E-state index is 13.5. The molecule has 11 nitrogen and oxygen atoms in total. The molecule has 46 heavy (non-hydrogen) atoms. The van der Waals surface area contributed by atoms with Crippen molar-refractivity contribution in [2.45, 2.75) is 19.4 Å². The number of aliphatic imine (C=N–C) groups is 2. The Hall–Kier alpha value is -4.65. The number of allylic oxidation sites excluding steroid dienone is 3. The van der Waals surface area contributed by atoms with Crippen molar-refractivity contribution in [3.63, 3.8) is 0 Å². The molecule has 2 aromatic carbocycles. The van der Waals surface area contributed by atoms with Crippen LogP contribution >= 0.6 is 11.6 Å². The zero-order chi connectivity index (χ0) is 31.7. The zero-order valence-electron chi connectivity index (χ0n) is 25.1. The van der Waals surface area contributed by atoms with Gasteiger partial charge < -0.3 is 20.1 Å². The van der Waals surface area contributed by atoms with Gasteiger partial charge in [0.15, 0.2) is 0 Å². The molecule has 1 amide bonds. The number of aromatic nitrogens is 3. The van der Waals surface area contributed by atoms with Gasteiger partial charge in [0.2, 0.25) is 5.91 Å². The van der Waals surface area contributed by atoms with E-state index < -0.39 is 0 Å². The lowest BCUT2D eigenvalue weighted by atomic mass is 9.92. The van der Waals surface area contributed by atoms with Crippen LogP contribution in [-0.2, 0) is 22.6 Å². The van der Waals surface area contributed by atoms with Crippen molar-refractivity contribution in [3.05, 3.63) is 101 Å². The van der Waals surface area contributed by atoms with E-state index in [4.69, 9.17) is 26.1 Å². The average molecular weight is 645 g/mol. The fourth-order valence-corrected chi connectivity index (χ4v) is 5.45. The predicted octanol–water partition coefficient (Wildman–Crippen LogP) is 4.30. The van der Waals surface area contributed by atoms with Gasteiger partial charge in [-0.3, -0.25) is 9.69 Å². The number of morpholine rings is 1. The summed E-state index contributed by atoms with van der Waals surface area (Å²) in [7, 11) is 0. The highest BCUT2D eigenvalue weighted by Crippen LogP contribution is 2.33. The third-order valence-corrected chi connectivity index (χ3v) is 7.97. The SMILES string of the molecule is O=C(/C=C\CN1CCOCC1)NCCc1cn(C2=CC=C3NC=NC(=Nc4ccc(OCc5cccc(F)c5)c(Cl)c4)C3C2)nn1. The number of rotatable bonds is 11. The third kappa shape index (κ3) is 8.33. The van der Waals surface area contributed by atoms with Gasteiger partial charge in [-0.05, 0) is 48.0 Å². The summed E-state index contributed by atoms with van der Waals surface area (Å²) in [5.41, 5.74) is 4.03. The zero-order valence-corrected chi connectivity index (χ0v) is 25.9. The summed E-state index contributed by atoms with van der Waals surface area (Å²) in [6, 6.07) is 11.5. The van der Waals surface area contributed by atoms with Crippen molar-refractivity contribution < 1.29 is 18.7 Å². The summed E-state index contributed by atoms with van der Waals surface area (Å²) in [6.45, 7) is 4.62. The molecule has 1 saturated heterocycles. The molecule has 1 fully saturated rings. The smallest absolute Gasteiger partial charge is 0.243 e. The lowest BCUT2D eigenvalue weighted by Gasteiger charge is -2.27. The van der Waals surface area contributed by atoms with Crippen LogP contribution in [0, 0.1) is 11.7 Å². The van der Waals surface area contributed by atoms with E-state index in [2.05, 4.69) is 30.8 Å². The van der Waals surface area contributed by atoms with Crippen LogP contribution in [0.4, 0.5) is 10.1 Å². The fraction of sp³-hybridized carbons (Fsp3) is 0.303. The highest BCUT2D eigenvalue weighted by Gasteiger charge is 2.28. The summed E-state index contributed by atoms with van der Waals surface area (Å²) in [4.78, 5) is 23.8. The predicted molar refractivity (Wildman–Crippen MR) is 175 cm³/mol. The minimum Gasteiger partial charge on any atom is -0.487 e. The molecule has 0 bridgehead atoms. The number of nitrogens with zero attached hydrogens (tertiary/aromatic N) is 6. The number of amidine groups is 1. The highest BCUT2D eigenvalue weighted by molar-refractivity contribution is 6.32. The molecule has 0 spiro atoms. The Labute approximate surface area is 271 Å². The topological polar surface area (TPSA) is 118 Å². The van der Waals surface area contributed by atoms with E-state index >= 15 is 0 Å². The summed E-state index contributed by atoms with van der Waals surface area (Å²) < 4.78 is 26.4. The quantitative estimate of drug-likeness (QED) is 0.299. The fourth-order valence-electron chi connectivity index (χ4n) is 5.22. The summed E-state index contributed by atoms with van der Waals surface area (Å²) in [5.74, 6) is 0.546.